The van der Waals surface area contributed by atoms with Gasteiger partial charge in [0.2, 0.25) is 3.79 Å². The molecule has 0 spiro atoms. The Morgan fingerprint density at radius 2 is 1.64 bits per heavy atom. The molecule has 0 aromatic heterocycles. The van der Waals surface area contributed by atoms with Crippen LogP contribution in [0.4, 0.5) is 0 Å². The van der Waals surface area contributed by atoms with E-state index in [1.165, 1.54) is 11.2 Å². The summed E-state index contributed by atoms with van der Waals surface area (Å²) in [5.41, 5.74) is 0.713. The van der Waals surface area contributed by atoms with Crippen LogP contribution in [0.1, 0.15) is 11.7 Å². The number of hydrogen-bond acceptors (Lipinski definition) is 4. The van der Waals surface area contributed by atoms with E-state index in [0.717, 1.165) is 0 Å². The number of methoxy groups -OCH3 is 1. The van der Waals surface area contributed by atoms with E-state index in [-0.39, 0.29) is 5.84 Å². The number of amidine groups is 1. The summed E-state index contributed by atoms with van der Waals surface area (Å²) in [6, 6.07) is 7.04. The summed E-state index contributed by atoms with van der Waals surface area (Å²) in [5, 5.41) is 0. The Bertz CT molecular complexity index is 590. The fraction of sp³-hybridized carbons (Fsp3) is 0.333. The molecule has 10 heteroatoms. The van der Waals surface area contributed by atoms with Gasteiger partial charge in [-0.3, -0.25) is 4.90 Å². The molecule has 0 saturated carbocycles. The smallest absolute Gasteiger partial charge is 0.271 e. The van der Waals surface area contributed by atoms with Crippen LogP contribution < -0.4 is 4.74 Å². The highest BCUT2D eigenvalue weighted by atomic mass is 35.6. The lowest BCUT2D eigenvalue weighted by Crippen LogP contribution is -2.49. The summed E-state index contributed by atoms with van der Waals surface area (Å²) in [6.45, 7) is 0. The van der Waals surface area contributed by atoms with Gasteiger partial charge in [-0.25, -0.2) is 9.98 Å². The lowest BCUT2D eigenvalue weighted by molar-refractivity contribution is 0.319. The van der Waals surface area contributed by atoms with Crippen molar-refractivity contribution in [3.63, 3.8) is 0 Å². The SMILES string of the molecule is COc1ccc(C2N=CN=C(C(Cl)(Cl)Cl)N2C(Cl)(Cl)Cl)cc1. The quantitative estimate of drug-likeness (QED) is 0.488. The molecule has 1 aliphatic rings. The number of nitrogens with zero attached hydrogens (tertiary/aromatic N) is 3. The zero-order valence-corrected chi connectivity index (χ0v) is 15.5. The van der Waals surface area contributed by atoms with Crippen LogP contribution in [-0.4, -0.2) is 31.9 Å². The lowest BCUT2D eigenvalue weighted by atomic mass is 10.1. The van der Waals surface area contributed by atoms with Crippen molar-refractivity contribution in [1.29, 1.82) is 0 Å². The highest BCUT2D eigenvalue weighted by Crippen LogP contribution is 2.44. The monoisotopic (exact) mass is 421 g/mol. The van der Waals surface area contributed by atoms with Crippen molar-refractivity contribution in [3.8, 4) is 5.75 Å². The average Bonchev–Trinajstić information content (AvgIpc) is 2.45. The minimum atomic E-state index is -1.91. The summed E-state index contributed by atoms with van der Waals surface area (Å²) in [4.78, 5) is 9.36. The topological polar surface area (TPSA) is 37.2 Å². The van der Waals surface area contributed by atoms with E-state index < -0.39 is 13.9 Å². The molecule has 0 amide bonds. The van der Waals surface area contributed by atoms with Gasteiger partial charge in [-0.2, -0.15) is 0 Å². The fourth-order valence-corrected chi connectivity index (χ4v) is 2.81. The van der Waals surface area contributed by atoms with Gasteiger partial charge in [-0.05, 0) is 17.7 Å². The summed E-state index contributed by atoms with van der Waals surface area (Å²) < 4.78 is 1.32. The van der Waals surface area contributed by atoms with Crippen LogP contribution in [0, 0.1) is 0 Å². The molecule has 0 bridgehead atoms. The first kappa shape index (κ1) is 18.2. The third-order valence-electron chi connectivity index (χ3n) is 2.80. The molecule has 1 aliphatic heterocycles. The number of benzene rings is 1. The molecule has 1 aromatic carbocycles. The summed E-state index contributed by atoms with van der Waals surface area (Å²) in [6.07, 6.45) is 0.556. The van der Waals surface area contributed by atoms with Crippen molar-refractivity contribution in [2.45, 2.75) is 13.9 Å². The van der Waals surface area contributed by atoms with E-state index in [9.17, 15) is 0 Å². The first-order valence-corrected chi connectivity index (χ1v) is 8.08. The van der Waals surface area contributed by atoms with Gasteiger partial charge in [-0.1, -0.05) is 81.7 Å². The van der Waals surface area contributed by atoms with Crippen molar-refractivity contribution >= 4 is 81.8 Å². The van der Waals surface area contributed by atoms with E-state index >= 15 is 0 Å². The molecule has 0 aliphatic carbocycles. The van der Waals surface area contributed by atoms with Gasteiger partial charge >= 0.3 is 0 Å². The molecule has 1 unspecified atom stereocenters. The molecule has 1 atom stereocenters. The molecular weight excluding hydrogens is 415 g/mol. The van der Waals surface area contributed by atoms with Gasteiger partial charge in [-0.15, -0.1) is 0 Å². The maximum Gasteiger partial charge on any atom is 0.271 e. The van der Waals surface area contributed by atoms with Crippen molar-refractivity contribution in [2.75, 3.05) is 7.11 Å². The van der Waals surface area contributed by atoms with Crippen LogP contribution in [0.3, 0.4) is 0 Å². The van der Waals surface area contributed by atoms with E-state index in [2.05, 4.69) is 9.98 Å². The average molecular weight is 424 g/mol. The highest BCUT2D eigenvalue weighted by molar-refractivity contribution is 6.77. The largest absolute Gasteiger partial charge is 0.497 e. The Kier molecular flexibility index (Phi) is 5.63. The van der Waals surface area contributed by atoms with Crippen molar-refractivity contribution in [3.05, 3.63) is 29.8 Å². The standard InChI is InChI=1S/C12H9Cl6N3O/c1-22-8-4-2-7(3-5-8)9-19-6-20-10(11(13,14)15)21(9)12(16,17)18/h2-6,9H,1H3. The van der Waals surface area contributed by atoms with Gasteiger partial charge in [0.1, 0.15) is 12.1 Å². The van der Waals surface area contributed by atoms with Crippen LogP contribution in [0.25, 0.3) is 0 Å². The normalized spacial score (nSPS) is 19.1. The number of hydrogen-bond donors (Lipinski definition) is 0. The van der Waals surface area contributed by atoms with Gasteiger partial charge in [0.25, 0.3) is 3.92 Å². The fourth-order valence-electron chi connectivity index (χ4n) is 1.88. The first-order valence-electron chi connectivity index (χ1n) is 5.81. The van der Waals surface area contributed by atoms with Crippen molar-refractivity contribution in [1.82, 2.24) is 4.90 Å². The maximum absolute atomic E-state index is 6.02. The maximum atomic E-state index is 6.02. The third kappa shape index (κ3) is 4.05. The van der Waals surface area contributed by atoms with Gasteiger partial charge < -0.3 is 4.74 Å². The molecule has 4 nitrogen and oxygen atoms in total. The minimum Gasteiger partial charge on any atom is -0.497 e. The van der Waals surface area contributed by atoms with E-state index in [4.69, 9.17) is 74.3 Å². The lowest BCUT2D eigenvalue weighted by Gasteiger charge is -2.40. The van der Waals surface area contributed by atoms with Gasteiger partial charge in [0.15, 0.2) is 12.0 Å². The Labute approximate surface area is 157 Å². The minimum absolute atomic E-state index is 0.0340. The summed E-state index contributed by atoms with van der Waals surface area (Å²) >= 11 is 35.8. The highest BCUT2D eigenvalue weighted by Gasteiger charge is 2.46. The van der Waals surface area contributed by atoms with Crippen LogP contribution in [-0.2, 0) is 0 Å². The Hall–Kier alpha value is -0.100. The van der Waals surface area contributed by atoms with Crippen LogP contribution in [0.15, 0.2) is 34.3 Å². The van der Waals surface area contributed by atoms with Crippen LogP contribution in [0.5, 0.6) is 5.75 Å². The third-order valence-corrected chi connectivity index (χ3v) is 3.85. The predicted octanol–water partition coefficient (Wildman–Crippen LogP) is 5.13. The second kappa shape index (κ2) is 6.80. The molecule has 0 fully saturated rings. The second-order valence-electron chi connectivity index (χ2n) is 4.20. The number of aliphatic imine (C=N–C) groups is 2. The molecule has 1 aromatic rings. The molecule has 120 valence electrons. The molecule has 22 heavy (non-hydrogen) atoms. The predicted molar refractivity (Wildman–Crippen MR) is 94.1 cm³/mol. The number of halogens is 6. The van der Waals surface area contributed by atoms with Crippen molar-refractivity contribution < 1.29 is 4.74 Å². The van der Waals surface area contributed by atoms with Crippen LogP contribution >= 0.6 is 69.6 Å². The molecule has 0 saturated heterocycles. The van der Waals surface area contributed by atoms with E-state index in [0.29, 0.717) is 11.3 Å². The zero-order chi connectivity index (χ0) is 16.5. The summed E-state index contributed by atoms with van der Waals surface area (Å²) in [5.74, 6) is 0.646. The first-order chi connectivity index (χ1) is 10.1. The van der Waals surface area contributed by atoms with Crippen LogP contribution in [0.2, 0.25) is 0 Å². The number of alkyl halides is 6. The molecule has 2 rings (SSSR count). The molecule has 1 heterocycles. The number of ether oxygens (including phenoxy) is 1. The van der Waals surface area contributed by atoms with Gasteiger partial charge in [0.05, 0.1) is 7.11 Å². The molecule has 0 radical (unpaired) electrons. The summed E-state index contributed by atoms with van der Waals surface area (Å²) in [7, 11) is 1.56. The molecular formula is C12H9Cl6N3O. The van der Waals surface area contributed by atoms with Crippen molar-refractivity contribution in [2.24, 2.45) is 9.98 Å². The van der Waals surface area contributed by atoms with Gasteiger partial charge in [0, 0.05) is 0 Å². The zero-order valence-electron chi connectivity index (χ0n) is 11.0. The Balaban J connectivity index is 2.45. The van der Waals surface area contributed by atoms with E-state index in [1.807, 2.05) is 0 Å². The van der Waals surface area contributed by atoms with E-state index in [1.54, 1.807) is 31.4 Å². The second-order valence-corrected chi connectivity index (χ2v) is 8.70. The Morgan fingerprint density at radius 1 is 1.05 bits per heavy atom. The molecule has 0 N–H and O–H groups in total. The Morgan fingerprint density at radius 3 is 2.09 bits per heavy atom. The number of rotatable bonds is 2.